The molecule has 2 rings (SSSR count). The lowest BCUT2D eigenvalue weighted by molar-refractivity contribution is -0.00572. The Bertz CT molecular complexity index is 405. The second-order valence-electron chi connectivity index (χ2n) is 4.02. The van der Waals surface area contributed by atoms with Crippen molar-refractivity contribution in [1.82, 2.24) is 9.97 Å². The standard InChI is InChI=1S/C11H14N4O/c1-8-6-15(7-9(2)16-8)11-13-4-3-10(5-12)14-11/h3-4,8-9H,6-7H2,1-2H3/t8-,9+. The van der Waals surface area contributed by atoms with E-state index in [4.69, 9.17) is 10.00 Å². The molecule has 1 aliphatic heterocycles. The maximum absolute atomic E-state index is 8.78. The van der Waals surface area contributed by atoms with Gasteiger partial charge in [0.15, 0.2) is 0 Å². The highest BCUT2D eigenvalue weighted by Gasteiger charge is 2.23. The number of morpholine rings is 1. The number of anilines is 1. The molecule has 5 heteroatoms. The van der Waals surface area contributed by atoms with E-state index in [1.165, 1.54) is 0 Å². The largest absolute Gasteiger partial charge is 0.372 e. The van der Waals surface area contributed by atoms with E-state index in [9.17, 15) is 0 Å². The lowest BCUT2D eigenvalue weighted by atomic mass is 10.2. The molecule has 1 aromatic heterocycles. The Morgan fingerprint density at radius 2 is 2.12 bits per heavy atom. The average Bonchev–Trinajstić information content (AvgIpc) is 2.28. The number of hydrogen-bond acceptors (Lipinski definition) is 5. The van der Waals surface area contributed by atoms with Crippen LogP contribution in [0.15, 0.2) is 12.3 Å². The SMILES string of the molecule is C[C@@H]1CN(c2nccc(C#N)n2)C[C@H](C)O1. The van der Waals surface area contributed by atoms with E-state index in [-0.39, 0.29) is 12.2 Å². The number of hydrogen-bond donors (Lipinski definition) is 0. The van der Waals surface area contributed by atoms with E-state index >= 15 is 0 Å². The second kappa shape index (κ2) is 4.45. The first-order valence-corrected chi connectivity index (χ1v) is 5.32. The third-order valence-corrected chi connectivity index (χ3v) is 2.46. The first kappa shape index (κ1) is 10.8. The molecule has 0 aliphatic carbocycles. The summed E-state index contributed by atoms with van der Waals surface area (Å²) in [5.41, 5.74) is 0.400. The van der Waals surface area contributed by atoms with Gasteiger partial charge in [0.25, 0.3) is 0 Å². The molecule has 2 heterocycles. The Morgan fingerprint density at radius 3 is 2.75 bits per heavy atom. The van der Waals surface area contributed by atoms with E-state index in [1.807, 2.05) is 19.9 Å². The van der Waals surface area contributed by atoms with E-state index in [0.29, 0.717) is 11.6 Å². The molecule has 1 saturated heterocycles. The molecule has 84 valence electrons. The summed E-state index contributed by atoms with van der Waals surface area (Å²) in [5.74, 6) is 0.612. The molecule has 0 amide bonds. The van der Waals surface area contributed by atoms with Crippen LogP contribution in [0.4, 0.5) is 5.95 Å². The average molecular weight is 218 g/mol. The molecule has 1 fully saturated rings. The summed E-state index contributed by atoms with van der Waals surface area (Å²) in [6, 6.07) is 3.63. The molecular weight excluding hydrogens is 204 g/mol. The van der Waals surface area contributed by atoms with Crippen molar-refractivity contribution in [3.05, 3.63) is 18.0 Å². The highest BCUT2D eigenvalue weighted by molar-refractivity contribution is 5.34. The molecule has 5 nitrogen and oxygen atoms in total. The summed E-state index contributed by atoms with van der Waals surface area (Å²) >= 11 is 0. The van der Waals surface area contributed by atoms with E-state index in [2.05, 4.69) is 14.9 Å². The predicted molar refractivity (Wildman–Crippen MR) is 59.0 cm³/mol. The fourth-order valence-electron chi connectivity index (χ4n) is 1.90. The Labute approximate surface area is 94.7 Å². The monoisotopic (exact) mass is 218 g/mol. The second-order valence-corrected chi connectivity index (χ2v) is 4.02. The minimum atomic E-state index is 0.165. The minimum absolute atomic E-state index is 0.165. The summed E-state index contributed by atoms with van der Waals surface area (Å²) in [7, 11) is 0. The topological polar surface area (TPSA) is 62.0 Å². The number of nitriles is 1. The molecule has 1 aromatic rings. The predicted octanol–water partition coefficient (Wildman–Crippen LogP) is 0.962. The Balaban J connectivity index is 2.20. The number of ether oxygens (including phenoxy) is 1. The van der Waals surface area contributed by atoms with Gasteiger partial charge in [-0.15, -0.1) is 0 Å². The minimum Gasteiger partial charge on any atom is -0.372 e. The summed E-state index contributed by atoms with van der Waals surface area (Å²) < 4.78 is 5.63. The van der Waals surface area contributed by atoms with Crippen molar-refractivity contribution in [2.24, 2.45) is 0 Å². The fraction of sp³-hybridized carbons (Fsp3) is 0.545. The zero-order valence-corrected chi connectivity index (χ0v) is 9.42. The van der Waals surface area contributed by atoms with Crippen molar-refractivity contribution < 1.29 is 4.74 Å². The van der Waals surface area contributed by atoms with Gasteiger partial charge in [-0.25, -0.2) is 9.97 Å². The highest BCUT2D eigenvalue weighted by Crippen LogP contribution is 2.16. The maximum Gasteiger partial charge on any atom is 0.226 e. The zero-order valence-electron chi connectivity index (χ0n) is 9.42. The summed E-state index contributed by atoms with van der Waals surface area (Å²) in [5, 5.41) is 8.78. The number of rotatable bonds is 1. The molecular formula is C11H14N4O. The highest BCUT2D eigenvalue weighted by atomic mass is 16.5. The van der Waals surface area contributed by atoms with Crippen LogP contribution in [0.25, 0.3) is 0 Å². The molecule has 1 aliphatic rings. The van der Waals surface area contributed by atoms with E-state index in [1.54, 1.807) is 12.3 Å². The third-order valence-electron chi connectivity index (χ3n) is 2.46. The maximum atomic E-state index is 8.78. The van der Waals surface area contributed by atoms with Crippen molar-refractivity contribution in [3.8, 4) is 6.07 Å². The van der Waals surface area contributed by atoms with Crippen LogP contribution in [-0.2, 0) is 4.74 Å². The number of aromatic nitrogens is 2. The molecule has 0 bridgehead atoms. The van der Waals surface area contributed by atoms with Gasteiger partial charge in [0.2, 0.25) is 5.95 Å². The normalized spacial score (nSPS) is 25.2. The van der Waals surface area contributed by atoms with Crippen molar-refractivity contribution in [2.45, 2.75) is 26.1 Å². The van der Waals surface area contributed by atoms with Gasteiger partial charge in [0, 0.05) is 19.3 Å². The molecule has 0 N–H and O–H groups in total. The first-order chi connectivity index (χ1) is 7.69. The first-order valence-electron chi connectivity index (χ1n) is 5.32. The van der Waals surface area contributed by atoms with Crippen LogP contribution in [0, 0.1) is 11.3 Å². The van der Waals surface area contributed by atoms with Crippen LogP contribution >= 0.6 is 0 Å². The van der Waals surface area contributed by atoms with E-state index < -0.39 is 0 Å². The van der Waals surface area contributed by atoms with Crippen LogP contribution in [0.3, 0.4) is 0 Å². The van der Waals surface area contributed by atoms with Crippen molar-refractivity contribution >= 4 is 5.95 Å². The Kier molecular flexibility index (Phi) is 3.02. The van der Waals surface area contributed by atoms with Gasteiger partial charge in [0.05, 0.1) is 12.2 Å². The lowest BCUT2D eigenvalue weighted by Gasteiger charge is -2.35. The third kappa shape index (κ3) is 2.28. The van der Waals surface area contributed by atoms with Crippen molar-refractivity contribution in [3.63, 3.8) is 0 Å². The van der Waals surface area contributed by atoms with Crippen LogP contribution in [0.5, 0.6) is 0 Å². The Hall–Kier alpha value is -1.67. The van der Waals surface area contributed by atoms with Crippen LogP contribution in [0.1, 0.15) is 19.5 Å². The van der Waals surface area contributed by atoms with Crippen LogP contribution in [0.2, 0.25) is 0 Å². The smallest absolute Gasteiger partial charge is 0.226 e. The van der Waals surface area contributed by atoms with Crippen molar-refractivity contribution in [1.29, 1.82) is 5.26 Å². The van der Waals surface area contributed by atoms with Gasteiger partial charge in [-0.1, -0.05) is 0 Å². The summed E-state index contributed by atoms with van der Waals surface area (Å²) in [6.45, 7) is 5.58. The quantitative estimate of drug-likeness (QED) is 0.702. The molecule has 0 saturated carbocycles. The van der Waals surface area contributed by atoms with Crippen molar-refractivity contribution in [2.75, 3.05) is 18.0 Å². The molecule has 0 unspecified atom stereocenters. The van der Waals surface area contributed by atoms with Gasteiger partial charge >= 0.3 is 0 Å². The molecule has 0 aromatic carbocycles. The summed E-state index contributed by atoms with van der Waals surface area (Å²) in [6.07, 6.45) is 1.95. The Morgan fingerprint density at radius 1 is 1.44 bits per heavy atom. The molecule has 0 spiro atoms. The molecule has 0 radical (unpaired) electrons. The van der Waals surface area contributed by atoms with Gasteiger partial charge < -0.3 is 9.64 Å². The van der Waals surface area contributed by atoms with Crippen LogP contribution in [-0.4, -0.2) is 35.3 Å². The van der Waals surface area contributed by atoms with E-state index in [0.717, 1.165) is 13.1 Å². The van der Waals surface area contributed by atoms with Gasteiger partial charge in [-0.2, -0.15) is 5.26 Å². The van der Waals surface area contributed by atoms with Crippen LogP contribution < -0.4 is 4.90 Å². The molecule has 2 atom stereocenters. The molecule has 16 heavy (non-hydrogen) atoms. The fourth-order valence-corrected chi connectivity index (χ4v) is 1.90. The van der Waals surface area contributed by atoms with Gasteiger partial charge in [0.1, 0.15) is 11.8 Å². The van der Waals surface area contributed by atoms with Gasteiger partial charge in [-0.3, -0.25) is 0 Å². The van der Waals surface area contributed by atoms with Gasteiger partial charge in [-0.05, 0) is 19.9 Å². The number of nitrogens with zero attached hydrogens (tertiary/aromatic N) is 4. The zero-order chi connectivity index (χ0) is 11.5. The lowest BCUT2D eigenvalue weighted by Crippen LogP contribution is -2.46. The summed E-state index contributed by atoms with van der Waals surface area (Å²) in [4.78, 5) is 10.4.